The zero-order valence-electron chi connectivity index (χ0n) is 24.9. The molecule has 9 heteroatoms. The molecule has 0 fully saturated rings. The van der Waals surface area contributed by atoms with Crippen LogP contribution in [0.2, 0.25) is 0 Å². The van der Waals surface area contributed by atoms with E-state index in [1.807, 2.05) is 13.8 Å². The van der Waals surface area contributed by atoms with E-state index in [1.54, 1.807) is 72.8 Å². The van der Waals surface area contributed by atoms with Crippen LogP contribution >= 0.6 is 11.8 Å². The van der Waals surface area contributed by atoms with Crippen molar-refractivity contribution in [3.63, 3.8) is 0 Å². The highest BCUT2D eigenvalue weighted by molar-refractivity contribution is 7.99. The number of sulfone groups is 2. The first-order chi connectivity index (χ1) is 20.0. The SMILES string of the molecule is Cc1ccc(S(=O)(=O)C(C)(C)C(=O)c2ccc(Sc3ccc(C(=O)C(C)(C)S(=O)(=O)c4ccc(C)cc4)cc3)cc2)cc1. The second-order valence-corrected chi connectivity index (χ2v) is 17.6. The van der Waals surface area contributed by atoms with Crippen LogP contribution in [0, 0.1) is 13.8 Å². The first-order valence-corrected chi connectivity index (χ1v) is 17.4. The number of hydrogen-bond donors (Lipinski definition) is 0. The molecule has 224 valence electrons. The van der Waals surface area contributed by atoms with Crippen LogP contribution in [0.3, 0.4) is 0 Å². The highest BCUT2D eigenvalue weighted by Gasteiger charge is 2.44. The van der Waals surface area contributed by atoms with E-state index in [4.69, 9.17) is 0 Å². The molecule has 4 aromatic rings. The third-order valence-corrected chi connectivity index (χ3v) is 13.4. The van der Waals surface area contributed by atoms with Crippen LogP contribution in [-0.4, -0.2) is 37.9 Å². The number of hydrogen-bond acceptors (Lipinski definition) is 7. The Kier molecular flexibility index (Phi) is 8.94. The molecule has 0 aromatic heterocycles. The quantitative estimate of drug-likeness (QED) is 0.168. The van der Waals surface area contributed by atoms with Crippen LogP contribution in [0.1, 0.15) is 59.5 Å². The van der Waals surface area contributed by atoms with E-state index in [2.05, 4.69) is 0 Å². The Hall–Kier alpha value is -3.53. The van der Waals surface area contributed by atoms with Crippen molar-refractivity contribution in [3.8, 4) is 0 Å². The largest absolute Gasteiger partial charge is 0.292 e. The predicted molar refractivity (Wildman–Crippen MR) is 171 cm³/mol. The fourth-order valence-electron chi connectivity index (χ4n) is 4.45. The van der Waals surface area contributed by atoms with Gasteiger partial charge in [-0.2, -0.15) is 0 Å². The van der Waals surface area contributed by atoms with Crippen LogP contribution in [0.15, 0.2) is 117 Å². The van der Waals surface area contributed by atoms with Gasteiger partial charge in [0.05, 0.1) is 9.79 Å². The number of carbonyl (C=O) groups excluding carboxylic acids is 2. The minimum absolute atomic E-state index is 0.0988. The first kappa shape index (κ1) is 32.4. The molecule has 4 aromatic carbocycles. The van der Waals surface area contributed by atoms with Crippen LogP contribution in [0.25, 0.3) is 0 Å². The summed E-state index contributed by atoms with van der Waals surface area (Å²) in [4.78, 5) is 28.4. The van der Waals surface area contributed by atoms with Gasteiger partial charge in [0.1, 0.15) is 9.49 Å². The highest BCUT2D eigenvalue weighted by Crippen LogP contribution is 2.33. The molecule has 6 nitrogen and oxygen atoms in total. The summed E-state index contributed by atoms with van der Waals surface area (Å²) in [5.41, 5.74) is 2.41. The number of aryl methyl sites for hydroxylation is 2. The lowest BCUT2D eigenvalue weighted by molar-refractivity contribution is 0.0946. The third kappa shape index (κ3) is 6.25. The zero-order chi connectivity index (χ0) is 31.8. The van der Waals surface area contributed by atoms with Crippen molar-refractivity contribution < 1.29 is 26.4 Å². The van der Waals surface area contributed by atoms with Gasteiger partial charge in [-0.1, -0.05) is 71.4 Å². The summed E-state index contributed by atoms with van der Waals surface area (Å²) in [6, 6.07) is 26.3. The van der Waals surface area contributed by atoms with Gasteiger partial charge in [-0.3, -0.25) is 9.59 Å². The van der Waals surface area contributed by atoms with E-state index in [0.29, 0.717) is 0 Å². The maximum atomic E-state index is 13.3. The Morgan fingerprint density at radius 2 is 0.767 bits per heavy atom. The molecular formula is C34H34O6S3. The molecule has 0 amide bonds. The molecule has 0 saturated heterocycles. The van der Waals surface area contributed by atoms with E-state index >= 15 is 0 Å². The van der Waals surface area contributed by atoms with E-state index in [1.165, 1.54) is 63.7 Å². The van der Waals surface area contributed by atoms with Crippen molar-refractivity contribution in [2.24, 2.45) is 0 Å². The van der Waals surface area contributed by atoms with Crippen LogP contribution < -0.4 is 0 Å². The van der Waals surface area contributed by atoms with Gasteiger partial charge in [0.15, 0.2) is 31.2 Å². The van der Waals surface area contributed by atoms with Crippen LogP contribution in [0.4, 0.5) is 0 Å². The summed E-state index contributed by atoms with van der Waals surface area (Å²) in [6.07, 6.45) is 0. The smallest absolute Gasteiger partial charge is 0.190 e. The number of Topliss-reactive ketones (excluding diaryl/α,β-unsaturated/α-hetero) is 2. The molecule has 0 bridgehead atoms. The number of rotatable bonds is 10. The van der Waals surface area contributed by atoms with Crippen molar-refractivity contribution in [2.75, 3.05) is 0 Å². The van der Waals surface area contributed by atoms with E-state index in [0.717, 1.165) is 20.9 Å². The van der Waals surface area contributed by atoms with Crippen molar-refractivity contribution >= 4 is 43.0 Å². The summed E-state index contributed by atoms with van der Waals surface area (Å²) in [5, 5.41) is 0. The molecule has 0 unspecified atom stereocenters. The molecule has 0 N–H and O–H groups in total. The second-order valence-electron chi connectivity index (χ2n) is 11.5. The molecule has 43 heavy (non-hydrogen) atoms. The summed E-state index contributed by atoms with van der Waals surface area (Å²) >= 11 is 1.39. The summed E-state index contributed by atoms with van der Waals surface area (Å²) < 4.78 is 49.8. The lowest BCUT2D eigenvalue weighted by Gasteiger charge is -2.24. The second kappa shape index (κ2) is 11.9. The monoisotopic (exact) mass is 634 g/mol. The maximum absolute atomic E-state index is 13.3. The normalized spacial score (nSPS) is 12.6. The van der Waals surface area contributed by atoms with Crippen LogP contribution in [-0.2, 0) is 19.7 Å². The third-order valence-electron chi connectivity index (χ3n) is 7.57. The fraction of sp³-hybridized carbons (Fsp3) is 0.235. The Morgan fingerprint density at radius 3 is 1.05 bits per heavy atom. The predicted octanol–water partition coefficient (Wildman–Crippen LogP) is 7.33. The number of benzene rings is 4. The molecule has 0 spiro atoms. The van der Waals surface area contributed by atoms with Crippen molar-refractivity contribution in [3.05, 3.63) is 119 Å². The van der Waals surface area contributed by atoms with Gasteiger partial charge in [-0.05, 0) is 90.1 Å². The standard InChI is InChI=1S/C34H34O6S3/c1-23-7-19-29(20-8-23)42(37,38)33(3,4)31(35)25-11-15-27(16-12-25)41-28-17-13-26(14-18-28)32(36)34(5,6)43(39,40)30-21-9-24(2)10-22-30/h7-22H,1-6H3. The molecule has 0 aliphatic rings. The summed E-state index contributed by atoms with van der Waals surface area (Å²) in [5.74, 6) is -1.01. The van der Waals surface area contributed by atoms with E-state index < -0.39 is 40.7 Å². The zero-order valence-corrected chi connectivity index (χ0v) is 27.4. The van der Waals surface area contributed by atoms with Crippen LogP contribution in [0.5, 0.6) is 0 Å². The van der Waals surface area contributed by atoms with Gasteiger partial charge in [0.2, 0.25) is 0 Å². The van der Waals surface area contributed by atoms with Gasteiger partial charge in [0.25, 0.3) is 0 Å². The van der Waals surface area contributed by atoms with Crippen molar-refractivity contribution in [2.45, 2.75) is 70.6 Å². The van der Waals surface area contributed by atoms with Gasteiger partial charge in [-0.15, -0.1) is 0 Å². The number of ketones is 2. The van der Waals surface area contributed by atoms with Gasteiger partial charge >= 0.3 is 0 Å². The molecule has 4 rings (SSSR count). The maximum Gasteiger partial charge on any atom is 0.190 e. The Balaban J connectivity index is 1.48. The minimum Gasteiger partial charge on any atom is -0.292 e. The van der Waals surface area contributed by atoms with Gasteiger partial charge in [-0.25, -0.2) is 16.8 Å². The Labute approximate surface area is 258 Å². The molecule has 0 atom stereocenters. The van der Waals surface area contributed by atoms with Gasteiger partial charge in [0, 0.05) is 20.9 Å². The molecule has 0 aliphatic carbocycles. The van der Waals surface area contributed by atoms with Crippen molar-refractivity contribution in [1.29, 1.82) is 0 Å². The molecule has 0 heterocycles. The first-order valence-electron chi connectivity index (χ1n) is 13.6. The average molecular weight is 635 g/mol. The summed E-state index contributed by atoms with van der Waals surface area (Å²) in [6.45, 7) is 9.40. The Morgan fingerprint density at radius 1 is 0.488 bits per heavy atom. The lowest BCUT2D eigenvalue weighted by atomic mass is 10.0. The van der Waals surface area contributed by atoms with E-state index in [9.17, 15) is 26.4 Å². The highest BCUT2D eigenvalue weighted by atomic mass is 32.2. The average Bonchev–Trinajstić information content (AvgIpc) is 2.97. The summed E-state index contributed by atoms with van der Waals surface area (Å²) in [7, 11) is -7.86. The topological polar surface area (TPSA) is 102 Å². The number of carbonyl (C=O) groups is 2. The lowest BCUT2D eigenvalue weighted by Crippen LogP contribution is -2.40. The van der Waals surface area contributed by atoms with Gasteiger partial charge < -0.3 is 0 Å². The fourth-order valence-corrected chi connectivity index (χ4v) is 8.16. The molecule has 0 radical (unpaired) electrons. The molecule has 0 aliphatic heterocycles. The minimum atomic E-state index is -3.93. The Bertz CT molecular complexity index is 1730. The van der Waals surface area contributed by atoms with E-state index in [-0.39, 0.29) is 20.9 Å². The molecular weight excluding hydrogens is 601 g/mol. The van der Waals surface area contributed by atoms with Crippen molar-refractivity contribution in [1.82, 2.24) is 0 Å². The molecule has 0 saturated carbocycles.